The number of benzene rings is 3. The molecule has 0 aliphatic carbocycles. The molecule has 0 aliphatic rings. The van der Waals surface area contributed by atoms with Crippen molar-refractivity contribution in [3.8, 4) is 0 Å². The molecule has 0 radical (unpaired) electrons. The van der Waals surface area contributed by atoms with Crippen LogP contribution in [-0.2, 0) is 25.6 Å². The number of carbonyl (C=O) groups is 3. The Morgan fingerprint density at radius 2 is 1.41 bits per heavy atom. The van der Waals surface area contributed by atoms with Crippen LogP contribution in [0.1, 0.15) is 17.3 Å². The van der Waals surface area contributed by atoms with Crippen molar-refractivity contribution in [2.24, 2.45) is 0 Å². The molecule has 1 heterocycles. The van der Waals surface area contributed by atoms with Crippen molar-refractivity contribution in [3.05, 3.63) is 88.6 Å². The predicted molar refractivity (Wildman–Crippen MR) is 128 cm³/mol. The molecule has 0 saturated heterocycles. The fourth-order valence-corrected chi connectivity index (χ4v) is 3.73. The number of fused-ring (bicyclic) bond motifs is 2. The maximum absolute atomic E-state index is 12.8. The molecular weight excluding hydrogens is 436 g/mol. The van der Waals surface area contributed by atoms with Crippen molar-refractivity contribution in [1.29, 1.82) is 0 Å². The second kappa shape index (κ2) is 9.99. The van der Waals surface area contributed by atoms with Crippen LogP contribution >= 0.6 is 0 Å². The maximum atomic E-state index is 12.8. The molecule has 1 amide bonds. The number of carbonyl (C=O) groups excluding carboxylic acids is 3. The lowest BCUT2D eigenvalue weighted by Crippen LogP contribution is -2.24. The quantitative estimate of drug-likeness (QED) is 0.336. The van der Waals surface area contributed by atoms with Crippen LogP contribution in [0.3, 0.4) is 0 Å². The first-order chi connectivity index (χ1) is 16.5. The van der Waals surface area contributed by atoms with Crippen molar-refractivity contribution in [2.45, 2.75) is 13.5 Å². The summed E-state index contributed by atoms with van der Waals surface area (Å²) in [5, 5.41) is 3.55. The van der Waals surface area contributed by atoms with Crippen molar-refractivity contribution < 1.29 is 23.9 Å². The second-order valence-electron chi connectivity index (χ2n) is 7.42. The van der Waals surface area contributed by atoms with Gasteiger partial charge in [-0.15, -0.1) is 0 Å². The minimum absolute atomic E-state index is 0.115. The van der Waals surface area contributed by atoms with Gasteiger partial charge in [-0.3, -0.25) is 14.4 Å². The standard InChI is InChI=1S/C26H22N2O6/c1-2-33-26(32)17-9-3-6-12-20(17)27-23(29)16-34-24(30)15-28-21-13-7-4-10-18(21)25(31)19-11-5-8-14-22(19)28/h3-14H,2,15-16H2,1H3,(H,27,29). The van der Waals surface area contributed by atoms with Crippen LogP contribution in [0.4, 0.5) is 5.69 Å². The number of pyridine rings is 1. The number of ether oxygens (including phenoxy) is 2. The van der Waals surface area contributed by atoms with E-state index < -0.39 is 24.5 Å². The highest BCUT2D eigenvalue weighted by Gasteiger charge is 2.17. The summed E-state index contributed by atoms with van der Waals surface area (Å²) in [6.07, 6.45) is 0. The number of para-hydroxylation sites is 3. The summed E-state index contributed by atoms with van der Waals surface area (Å²) >= 11 is 0. The van der Waals surface area contributed by atoms with Gasteiger partial charge in [-0.05, 0) is 43.3 Å². The number of nitrogens with zero attached hydrogens (tertiary/aromatic N) is 1. The molecule has 34 heavy (non-hydrogen) atoms. The summed E-state index contributed by atoms with van der Waals surface area (Å²) < 4.78 is 11.9. The molecule has 0 bridgehead atoms. The van der Waals surface area contributed by atoms with Crippen LogP contribution in [0.25, 0.3) is 21.8 Å². The van der Waals surface area contributed by atoms with Crippen LogP contribution < -0.4 is 10.7 Å². The summed E-state index contributed by atoms with van der Waals surface area (Å²) in [5.74, 6) is -1.81. The fourth-order valence-electron chi connectivity index (χ4n) is 3.73. The first-order valence-electron chi connectivity index (χ1n) is 10.7. The molecule has 0 saturated carbocycles. The van der Waals surface area contributed by atoms with Gasteiger partial charge in [-0.2, -0.15) is 0 Å². The zero-order valence-electron chi connectivity index (χ0n) is 18.4. The van der Waals surface area contributed by atoms with Crippen molar-refractivity contribution in [1.82, 2.24) is 4.57 Å². The van der Waals surface area contributed by atoms with Crippen LogP contribution in [0.15, 0.2) is 77.6 Å². The van der Waals surface area contributed by atoms with Gasteiger partial charge in [-0.1, -0.05) is 36.4 Å². The van der Waals surface area contributed by atoms with Crippen molar-refractivity contribution in [3.63, 3.8) is 0 Å². The number of amides is 1. The molecule has 8 nitrogen and oxygen atoms in total. The number of hydrogen-bond acceptors (Lipinski definition) is 6. The molecule has 4 aromatic rings. The molecule has 4 rings (SSSR count). The third kappa shape index (κ3) is 4.66. The zero-order chi connectivity index (χ0) is 24.1. The molecular formula is C26H22N2O6. The molecule has 172 valence electrons. The number of hydrogen-bond donors (Lipinski definition) is 1. The van der Waals surface area contributed by atoms with E-state index in [-0.39, 0.29) is 29.8 Å². The van der Waals surface area contributed by atoms with Gasteiger partial charge in [0.2, 0.25) is 0 Å². The Bertz CT molecular complexity index is 1400. The van der Waals surface area contributed by atoms with E-state index >= 15 is 0 Å². The van der Waals surface area contributed by atoms with E-state index in [0.29, 0.717) is 21.8 Å². The number of esters is 2. The smallest absolute Gasteiger partial charge is 0.340 e. The molecule has 0 unspecified atom stereocenters. The van der Waals surface area contributed by atoms with E-state index in [9.17, 15) is 19.2 Å². The molecule has 0 aliphatic heterocycles. The monoisotopic (exact) mass is 458 g/mol. The number of anilines is 1. The predicted octanol–water partition coefficient (Wildman–Crippen LogP) is 3.51. The maximum Gasteiger partial charge on any atom is 0.340 e. The van der Waals surface area contributed by atoms with E-state index in [1.165, 1.54) is 6.07 Å². The average Bonchev–Trinajstić information content (AvgIpc) is 2.86. The van der Waals surface area contributed by atoms with Gasteiger partial charge in [0.1, 0.15) is 6.54 Å². The Balaban J connectivity index is 1.49. The summed E-state index contributed by atoms with van der Waals surface area (Å²) in [6, 6.07) is 20.4. The highest BCUT2D eigenvalue weighted by atomic mass is 16.5. The summed E-state index contributed by atoms with van der Waals surface area (Å²) in [5.41, 5.74) is 1.54. The molecule has 1 aromatic heterocycles. The Kier molecular flexibility index (Phi) is 6.68. The zero-order valence-corrected chi connectivity index (χ0v) is 18.4. The molecule has 0 atom stereocenters. The highest BCUT2D eigenvalue weighted by molar-refractivity contribution is 6.02. The van der Waals surface area contributed by atoms with Crippen LogP contribution in [0.5, 0.6) is 0 Å². The molecule has 0 fully saturated rings. The van der Waals surface area contributed by atoms with Gasteiger partial charge in [0.25, 0.3) is 5.91 Å². The minimum atomic E-state index is -0.646. The lowest BCUT2D eigenvalue weighted by Gasteiger charge is -2.15. The first kappa shape index (κ1) is 22.7. The van der Waals surface area contributed by atoms with Gasteiger partial charge in [0.15, 0.2) is 12.0 Å². The van der Waals surface area contributed by atoms with Gasteiger partial charge in [0, 0.05) is 10.8 Å². The third-order valence-electron chi connectivity index (χ3n) is 5.23. The summed E-state index contributed by atoms with van der Waals surface area (Å²) in [4.78, 5) is 49.9. The molecule has 8 heteroatoms. The van der Waals surface area contributed by atoms with Crippen molar-refractivity contribution in [2.75, 3.05) is 18.5 Å². The van der Waals surface area contributed by atoms with Gasteiger partial charge in [-0.25, -0.2) is 4.79 Å². The van der Waals surface area contributed by atoms with E-state index in [0.717, 1.165) is 0 Å². The third-order valence-corrected chi connectivity index (χ3v) is 5.23. The highest BCUT2D eigenvalue weighted by Crippen LogP contribution is 2.19. The molecule has 3 aromatic carbocycles. The number of aromatic nitrogens is 1. The fraction of sp³-hybridized carbons (Fsp3) is 0.154. The summed E-state index contributed by atoms with van der Waals surface area (Å²) in [6.45, 7) is 1.17. The lowest BCUT2D eigenvalue weighted by atomic mass is 10.1. The van der Waals surface area contributed by atoms with E-state index in [1.54, 1.807) is 78.2 Å². The summed E-state index contributed by atoms with van der Waals surface area (Å²) in [7, 11) is 0. The van der Waals surface area contributed by atoms with E-state index in [1.807, 2.05) is 0 Å². The molecule has 0 spiro atoms. The Morgan fingerprint density at radius 3 is 2.06 bits per heavy atom. The SMILES string of the molecule is CCOC(=O)c1ccccc1NC(=O)COC(=O)Cn1c2ccccc2c(=O)c2ccccc21. The average molecular weight is 458 g/mol. The Hall–Kier alpha value is -4.46. The van der Waals surface area contributed by atoms with Gasteiger partial charge in [0.05, 0.1) is 28.9 Å². The lowest BCUT2D eigenvalue weighted by molar-refractivity contribution is -0.147. The van der Waals surface area contributed by atoms with Crippen LogP contribution in [0.2, 0.25) is 0 Å². The topological polar surface area (TPSA) is 104 Å². The Morgan fingerprint density at radius 1 is 0.824 bits per heavy atom. The number of nitrogens with one attached hydrogen (secondary N) is 1. The van der Waals surface area contributed by atoms with Gasteiger partial charge >= 0.3 is 11.9 Å². The van der Waals surface area contributed by atoms with Gasteiger partial charge < -0.3 is 19.4 Å². The number of rotatable bonds is 7. The largest absolute Gasteiger partial charge is 0.462 e. The van der Waals surface area contributed by atoms with E-state index in [4.69, 9.17) is 9.47 Å². The van der Waals surface area contributed by atoms with Crippen LogP contribution in [0, 0.1) is 0 Å². The minimum Gasteiger partial charge on any atom is -0.462 e. The second-order valence-corrected chi connectivity index (χ2v) is 7.42. The Labute approximate surface area is 194 Å². The van der Waals surface area contributed by atoms with Crippen LogP contribution in [-0.4, -0.2) is 35.6 Å². The van der Waals surface area contributed by atoms with E-state index in [2.05, 4.69) is 5.32 Å². The molecule has 1 N–H and O–H groups in total. The van der Waals surface area contributed by atoms with Crippen molar-refractivity contribution >= 4 is 45.3 Å². The normalized spacial score (nSPS) is 10.7. The first-order valence-corrected chi connectivity index (χ1v) is 10.7.